The first-order chi connectivity index (χ1) is 6.59. The maximum absolute atomic E-state index is 11.0. The van der Waals surface area contributed by atoms with Gasteiger partial charge in [0.05, 0.1) is 0 Å². The third-order valence-corrected chi connectivity index (χ3v) is 4.48. The quantitative estimate of drug-likeness (QED) is 0.901. The number of aromatic nitrogens is 2. The lowest BCUT2D eigenvalue weighted by Crippen LogP contribution is -2.14. The molecule has 0 spiro atoms. The van der Waals surface area contributed by atoms with Gasteiger partial charge >= 0.3 is 0 Å². The Morgan fingerprint density at radius 1 is 1.64 bits per heavy atom. The minimum Gasteiger partial charge on any atom is -0.360 e. The Hall–Kier alpha value is -0.0100. The predicted molar refractivity (Wildman–Crippen MR) is 64.2 cm³/mol. The van der Waals surface area contributed by atoms with Crippen molar-refractivity contribution in [3.63, 3.8) is 0 Å². The number of hydrogen-bond acceptors (Lipinski definition) is 5. The molecule has 1 aromatic rings. The zero-order chi connectivity index (χ0) is 10.6. The molecule has 1 heterocycles. The number of hydrogen-bond donors (Lipinski definition) is 1. The Morgan fingerprint density at radius 2 is 2.36 bits per heavy atom. The molecular weight excluding hydrogens is 286 g/mol. The van der Waals surface area contributed by atoms with Crippen LogP contribution in [0.1, 0.15) is 13.3 Å². The second-order valence-corrected chi connectivity index (χ2v) is 6.94. The molecule has 0 saturated heterocycles. The highest BCUT2D eigenvalue weighted by Crippen LogP contribution is 2.19. The monoisotopic (exact) mass is 297 g/mol. The molecule has 0 bridgehead atoms. The molecular formula is C7H12BrN3OS2. The highest BCUT2D eigenvalue weighted by atomic mass is 79.9. The average molecular weight is 298 g/mol. The van der Waals surface area contributed by atoms with Gasteiger partial charge in [-0.15, -0.1) is 10.2 Å². The summed E-state index contributed by atoms with van der Waals surface area (Å²) in [5.74, 6) is 0. The van der Waals surface area contributed by atoms with Gasteiger partial charge in [-0.05, 0) is 22.4 Å². The average Bonchev–Trinajstić information content (AvgIpc) is 2.51. The van der Waals surface area contributed by atoms with E-state index in [0.717, 1.165) is 22.0 Å². The van der Waals surface area contributed by atoms with Crippen LogP contribution in [0.2, 0.25) is 0 Å². The van der Waals surface area contributed by atoms with Crippen molar-refractivity contribution in [2.75, 3.05) is 18.1 Å². The third-order valence-electron chi connectivity index (χ3n) is 1.79. The molecule has 1 N–H and O–H groups in total. The fourth-order valence-corrected chi connectivity index (χ4v) is 2.31. The molecule has 14 heavy (non-hydrogen) atoms. The van der Waals surface area contributed by atoms with Crippen molar-refractivity contribution in [3.05, 3.63) is 3.92 Å². The number of nitrogens with zero attached hydrogens (tertiary/aromatic N) is 2. The van der Waals surface area contributed by atoms with Crippen LogP contribution in [-0.2, 0) is 10.8 Å². The Morgan fingerprint density at radius 3 is 2.86 bits per heavy atom. The lowest BCUT2D eigenvalue weighted by atomic mass is 10.3. The van der Waals surface area contributed by atoms with Crippen LogP contribution in [-0.4, -0.2) is 32.5 Å². The standard InChI is InChI=1S/C7H12BrN3OS2/c1-5(14(2)12)3-4-9-7-11-10-6(8)13-7/h5H,3-4H2,1-2H3,(H,9,11). The summed E-state index contributed by atoms with van der Waals surface area (Å²) in [5.41, 5.74) is 0. The zero-order valence-corrected chi connectivity index (χ0v) is 11.2. The maximum atomic E-state index is 11.0. The SMILES string of the molecule is CC(CCNc1nnc(Br)s1)S(C)=O. The van der Waals surface area contributed by atoms with Gasteiger partial charge in [0.25, 0.3) is 0 Å². The summed E-state index contributed by atoms with van der Waals surface area (Å²) in [5, 5.41) is 11.9. The van der Waals surface area contributed by atoms with E-state index >= 15 is 0 Å². The minimum absolute atomic E-state index is 0.221. The number of rotatable bonds is 5. The van der Waals surface area contributed by atoms with Gasteiger partial charge in [0, 0.05) is 28.9 Å². The van der Waals surface area contributed by atoms with Crippen molar-refractivity contribution >= 4 is 43.2 Å². The van der Waals surface area contributed by atoms with E-state index < -0.39 is 10.8 Å². The molecule has 0 saturated carbocycles. The van der Waals surface area contributed by atoms with Gasteiger partial charge in [-0.1, -0.05) is 18.3 Å². The lowest BCUT2D eigenvalue weighted by Gasteiger charge is -2.07. The highest BCUT2D eigenvalue weighted by Gasteiger charge is 2.06. The normalized spacial score (nSPS) is 15.1. The van der Waals surface area contributed by atoms with Crippen molar-refractivity contribution < 1.29 is 4.21 Å². The molecule has 0 aliphatic heterocycles. The van der Waals surface area contributed by atoms with Crippen LogP contribution < -0.4 is 5.32 Å². The van der Waals surface area contributed by atoms with Gasteiger partial charge in [0.2, 0.25) is 5.13 Å². The smallest absolute Gasteiger partial charge is 0.206 e. The summed E-state index contributed by atoms with van der Waals surface area (Å²) < 4.78 is 11.8. The van der Waals surface area contributed by atoms with Crippen LogP contribution in [0.5, 0.6) is 0 Å². The molecule has 0 radical (unpaired) electrons. The summed E-state index contributed by atoms with van der Waals surface area (Å²) in [7, 11) is -0.745. The molecule has 0 aliphatic rings. The Labute approximate surface area is 98.1 Å². The van der Waals surface area contributed by atoms with Crippen LogP contribution in [0.3, 0.4) is 0 Å². The second kappa shape index (κ2) is 5.77. The maximum Gasteiger partial charge on any atom is 0.206 e. The predicted octanol–water partition coefficient (Wildman–Crippen LogP) is 1.87. The number of anilines is 1. The first kappa shape index (κ1) is 12.1. The lowest BCUT2D eigenvalue weighted by molar-refractivity contribution is 0.672. The first-order valence-electron chi connectivity index (χ1n) is 4.14. The van der Waals surface area contributed by atoms with Crippen molar-refractivity contribution in [1.82, 2.24) is 10.2 Å². The van der Waals surface area contributed by atoms with Crippen LogP contribution in [0.25, 0.3) is 0 Å². The van der Waals surface area contributed by atoms with E-state index in [1.54, 1.807) is 6.26 Å². The van der Waals surface area contributed by atoms with Crippen LogP contribution in [0.4, 0.5) is 5.13 Å². The van der Waals surface area contributed by atoms with E-state index in [0.29, 0.717) is 0 Å². The van der Waals surface area contributed by atoms with Crippen molar-refractivity contribution in [2.45, 2.75) is 18.6 Å². The van der Waals surface area contributed by atoms with E-state index in [1.807, 2.05) is 6.92 Å². The molecule has 80 valence electrons. The molecule has 2 unspecified atom stereocenters. The highest BCUT2D eigenvalue weighted by molar-refractivity contribution is 9.11. The van der Waals surface area contributed by atoms with E-state index in [1.165, 1.54) is 11.3 Å². The minimum atomic E-state index is -0.745. The second-order valence-electron chi connectivity index (χ2n) is 2.88. The number of halogens is 1. The van der Waals surface area contributed by atoms with Crippen LogP contribution >= 0.6 is 27.3 Å². The third kappa shape index (κ3) is 4.02. The van der Waals surface area contributed by atoms with Gasteiger partial charge < -0.3 is 5.32 Å². The van der Waals surface area contributed by atoms with Gasteiger partial charge in [0.1, 0.15) is 0 Å². The van der Waals surface area contributed by atoms with Crippen molar-refractivity contribution in [3.8, 4) is 0 Å². The van der Waals surface area contributed by atoms with Crippen molar-refractivity contribution in [2.24, 2.45) is 0 Å². The fraction of sp³-hybridized carbons (Fsp3) is 0.714. The van der Waals surface area contributed by atoms with E-state index in [-0.39, 0.29) is 5.25 Å². The Bertz CT molecular complexity index is 318. The molecule has 0 fully saturated rings. The topological polar surface area (TPSA) is 54.9 Å². The summed E-state index contributed by atoms with van der Waals surface area (Å²) in [4.78, 5) is 0. The molecule has 4 nitrogen and oxygen atoms in total. The molecule has 0 aliphatic carbocycles. The molecule has 1 rings (SSSR count). The summed E-state index contributed by atoms with van der Waals surface area (Å²) in [6.07, 6.45) is 2.60. The molecule has 0 aromatic carbocycles. The van der Waals surface area contributed by atoms with E-state index in [9.17, 15) is 4.21 Å². The van der Waals surface area contributed by atoms with Crippen LogP contribution in [0, 0.1) is 0 Å². The van der Waals surface area contributed by atoms with E-state index in [2.05, 4.69) is 31.4 Å². The van der Waals surface area contributed by atoms with Crippen LogP contribution in [0.15, 0.2) is 3.92 Å². The largest absolute Gasteiger partial charge is 0.360 e. The van der Waals surface area contributed by atoms with E-state index in [4.69, 9.17) is 0 Å². The van der Waals surface area contributed by atoms with Gasteiger partial charge in [0.15, 0.2) is 3.92 Å². The molecule has 1 aromatic heterocycles. The molecule has 2 atom stereocenters. The summed E-state index contributed by atoms with van der Waals surface area (Å²) >= 11 is 4.69. The first-order valence-corrected chi connectivity index (χ1v) is 7.37. The molecule has 0 amide bonds. The number of nitrogens with one attached hydrogen (secondary N) is 1. The van der Waals surface area contributed by atoms with Gasteiger partial charge in [-0.2, -0.15) is 0 Å². The van der Waals surface area contributed by atoms with Crippen molar-refractivity contribution in [1.29, 1.82) is 0 Å². The zero-order valence-electron chi connectivity index (χ0n) is 7.99. The summed E-state index contributed by atoms with van der Waals surface area (Å²) in [6.45, 7) is 2.76. The Kier molecular flexibility index (Phi) is 4.97. The Balaban J connectivity index is 2.25. The molecule has 7 heteroatoms. The fourth-order valence-electron chi connectivity index (χ4n) is 0.825. The van der Waals surface area contributed by atoms with Gasteiger partial charge in [-0.3, -0.25) is 4.21 Å². The summed E-state index contributed by atoms with van der Waals surface area (Å²) in [6, 6.07) is 0. The van der Waals surface area contributed by atoms with Gasteiger partial charge in [-0.25, -0.2) is 0 Å².